The molecule has 60 valence electrons. The Labute approximate surface area is 82.1 Å². The van der Waals surface area contributed by atoms with Gasteiger partial charge in [-0.1, -0.05) is 13.0 Å². The summed E-state index contributed by atoms with van der Waals surface area (Å²) in [5.74, 6) is -0.228. The van der Waals surface area contributed by atoms with Crippen LogP contribution in [0.3, 0.4) is 0 Å². The highest BCUT2D eigenvalue weighted by Crippen LogP contribution is 2.29. The second-order valence-corrected chi connectivity index (χ2v) is 3.77. The van der Waals surface area contributed by atoms with Crippen LogP contribution < -0.4 is 0 Å². The maximum Gasteiger partial charge on any atom is 0.138 e. The third-order valence-electron chi connectivity index (χ3n) is 1.50. The summed E-state index contributed by atoms with van der Waals surface area (Å²) in [7, 11) is 0. The van der Waals surface area contributed by atoms with E-state index in [0.717, 1.165) is 16.5 Å². The van der Waals surface area contributed by atoms with E-state index in [4.69, 9.17) is 0 Å². The zero-order chi connectivity index (χ0) is 8.43. The van der Waals surface area contributed by atoms with Gasteiger partial charge in [-0.2, -0.15) is 0 Å². The van der Waals surface area contributed by atoms with Crippen LogP contribution in [-0.4, -0.2) is 0 Å². The minimum atomic E-state index is -0.228. The second-order valence-electron chi connectivity index (χ2n) is 2.19. The van der Waals surface area contributed by atoms with Crippen molar-refractivity contribution in [3.63, 3.8) is 0 Å². The van der Waals surface area contributed by atoms with E-state index in [-0.39, 0.29) is 5.82 Å². The van der Waals surface area contributed by atoms with E-state index in [2.05, 4.69) is 31.9 Å². The lowest BCUT2D eigenvalue weighted by molar-refractivity contribution is 0.619. The molecule has 0 spiro atoms. The van der Waals surface area contributed by atoms with Crippen molar-refractivity contribution in [3.05, 3.63) is 32.5 Å². The number of hydrogen-bond donors (Lipinski definition) is 0. The van der Waals surface area contributed by atoms with E-state index in [9.17, 15) is 4.39 Å². The summed E-state index contributed by atoms with van der Waals surface area (Å²) in [5, 5.41) is 0. The molecule has 0 fully saturated rings. The smallest absolute Gasteiger partial charge is 0.138 e. The number of hydrogen-bond acceptors (Lipinski definition) is 0. The van der Waals surface area contributed by atoms with Gasteiger partial charge in [-0.3, -0.25) is 0 Å². The molecule has 0 amide bonds. The van der Waals surface area contributed by atoms with E-state index in [1.54, 1.807) is 6.07 Å². The third-order valence-corrected chi connectivity index (χ3v) is 3.71. The highest BCUT2D eigenvalue weighted by atomic mass is 79.9. The molecule has 0 nitrogen and oxygen atoms in total. The van der Waals surface area contributed by atoms with Crippen LogP contribution >= 0.6 is 31.9 Å². The molecule has 0 aliphatic rings. The SMILES string of the molecule is CCc1ccc(F)c(Br)c1Br. The predicted molar refractivity (Wildman–Crippen MR) is 51.2 cm³/mol. The molecule has 11 heavy (non-hydrogen) atoms. The summed E-state index contributed by atoms with van der Waals surface area (Å²) < 4.78 is 14.1. The molecular weight excluding hydrogens is 275 g/mol. The molecule has 1 aromatic rings. The molecule has 0 radical (unpaired) electrons. The zero-order valence-corrected chi connectivity index (χ0v) is 9.17. The maximum atomic E-state index is 12.8. The molecule has 0 saturated heterocycles. The molecule has 0 N–H and O–H groups in total. The third kappa shape index (κ3) is 1.82. The summed E-state index contributed by atoms with van der Waals surface area (Å²) in [6, 6.07) is 3.25. The largest absolute Gasteiger partial charge is 0.206 e. The maximum absolute atomic E-state index is 12.8. The highest BCUT2D eigenvalue weighted by Gasteiger charge is 2.06. The van der Waals surface area contributed by atoms with Crippen molar-refractivity contribution in [1.29, 1.82) is 0 Å². The Bertz CT molecular complexity index is 271. The Hall–Kier alpha value is 0.110. The van der Waals surface area contributed by atoms with Crippen molar-refractivity contribution in [2.75, 3.05) is 0 Å². The van der Waals surface area contributed by atoms with E-state index in [0.29, 0.717) is 4.47 Å². The van der Waals surface area contributed by atoms with Gasteiger partial charge in [0, 0.05) is 4.47 Å². The fourth-order valence-electron chi connectivity index (χ4n) is 0.839. The van der Waals surface area contributed by atoms with Gasteiger partial charge in [-0.25, -0.2) is 4.39 Å². The summed E-state index contributed by atoms with van der Waals surface area (Å²) in [6.45, 7) is 2.03. The Morgan fingerprint density at radius 1 is 1.27 bits per heavy atom. The van der Waals surface area contributed by atoms with E-state index in [1.165, 1.54) is 6.07 Å². The number of benzene rings is 1. The Morgan fingerprint density at radius 3 is 2.45 bits per heavy atom. The molecule has 0 aliphatic heterocycles. The molecule has 0 saturated carbocycles. The minimum absolute atomic E-state index is 0.228. The highest BCUT2D eigenvalue weighted by molar-refractivity contribution is 9.13. The normalized spacial score (nSPS) is 10.2. The summed E-state index contributed by atoms with van der Waals surface area (Å²) in [4.78, 5) is 0. The Balaban J connectivity index is 3.25. The van der Waals surface area contributed by atoms with Crippen LogP contribution in [0, 0.1) is 5.82 Å². The van der Waals surface area contributed by atoms with Crippen LogP contribution in [0.1, 0.15) is 12.5 Å². The van der Waals surface area contributed by atoms with Gasteiger partial charge in [0.25, 0.3) is 0 Å². The van der Waals surface area contributed by atoms with Crippen LogP contribution in [0.4, 0.5) is 4.39 Å². The number of aryl methyl sites for hydroxylation is 1. The van der Waals surface area contributed by atoms with Crippen molar-refractivity contribution < 1.29 is 4.39 Å². The van der Waals surface area contributed by atoms with Crippen molar-refractivity contribution in [2.45, 2.75) is 13.3 Å². The number of halogens is 3. The van der Waals surface area contributed by atoms with Gasteiger partial charge in [0.2, 0.25) is 0 Å². The first-order chi connectivity index (χ1) is 5.16. The molecule has 0 aliphatic carbocycles. The van der Waals surface area contributed by atoms with Crippen molar-refractivity contribution >= 4 is 31.9 Å². The minimum Gasteiger partial charge on any atom is -0.206 e. The molecule has 0 bridgehead atoms. The second kappa shape index (κ2) is 3.68. The van der Waals surface area contributed by atoms with Crippen molar-refractivity contribution in [3.8, 4) is 0 Å². The Kier molecular flexibility index (Phi) is 3.07. The molecule has 3 heteroatoms. The van der Waals surface area contributed by atoms with Gasteiger partial charge < -0.3 is 0 Å². The van der Waals surface area contributed by atoms with Crippen LogP contribution in [0.15, 0.2) is 21.1 Å². The first kappa shape index (κ1) is 9.20. The van der Waals surface area contributed by atoms with E-state index in [1.807, 2.05) is 6.92 Å². The average Bonchev–Trinajstić information content (AvgIpc) is 2.01. The van der Waals surface area contributed by atoms with Crippen LogP contribution in [0.5, 0.6) is 0 Å². The van der Waals surface area contributed by atoms with Gasteiger partial charge in [0.1, 0.15) is 5.82 Å². The van der Waals surface area contributed by atoms with Gasteiger partial charge in [-0.15, -0.1) is 0 Å². The van der Waals surface area contributed by atoms with Crippen LogP contribution in [0.25, 0.3) is 0 Å². The van der Waals surface area contributed by atoms with Crippen LogP contribution in [-0.2, 0) is 6.42 Å². The monoisotopic (exact) mass is 280 g/mol. The van der Waals surface area contributed by atoms with Crippen molar-refractivity contribution in [2.24, 2.45) is 0 Å². The first-order valence-electron chi connectivity index (χ1n) is 3.29. The fraction of sp³-hybridized carbons (Fsp3) is 0.250. The molecule has 1 aromatic carbocycles. The lowest BCUT2D eigenvalue weighted by atomic mass is 10.2. The van der Waals surface area contributed by atoms with Gasteiger partial charge in [-0.05, 0) is 49.9 Å². The predicted octanol–water partition coefficient (Wildman–Crippen LogP) is 3.91. The standard InChI is InChI=1S/C8H7Br2F/c1-2-5-3-4-6(11)8(10)7(5)9/h3-4H,2H2,1H3. The van der Waals surface area contributed by atoms with Gasteiger partial charge in [0.15, 0.2) is 0 Å². The zero-order valence-electron chi connectivity index (χ0n) is 6.00. The van der Waals surface area contributed by atoms with Gasteiger partial charge in [0.05, 0.1) is 4.47 Å². The average molecular weight is 282 g/mol. The van der Waals surface area contributed by atoms with Crippen molar-refractivity contribution in [1.82, 2.24) is 0 Å². The Morgan fingerprint density at radius 2 is 1.91 bits per heavy atom. The summed E-state index contributed by atoms with van der Waals surface area (Å²) in [5.41, 5.74) is 1.11. The van der Waals surface area contributed by atoms with E-state index < -0.39 is 0 Å². The van der Waals surface area contributed by atoms with Gasteiger partial charge >= 0.3 is 0 Å². The fourth-order valence-corrected chi connectivity index (χ4v) is 1.83. The molecular formula is C8H7Br2F. The number of rotatable bonds is 1. The molecule has 0 heterocycles. The molecule has 0 atom stereocenters. The topological polar surface area (TPSA) is 0 Å². The summed E-state index contributed by atoms with van der Waals surface area (Å²) >= 11 is 6.45. The van der Waals surface area contributed by atoms with Crippen LogP contribution in [0.2, 0.25) is 0 Å². The molecule has 0 unspecified atom stereocenters. The lowest BCUT2D eigenvalue weighted by Gasteiger charge is -2.03. The molecule has 1 rings (SSSR count). The van der Waals surface area contributed by atoms with E-state index >= 15 is 0 Å². The first-order valence-corrected chi connectivity index (χ1v) is 4.87. The quantitative estimate of drug-likeness (QED) is 0.685. The molecule has 0 aromatic heterocycles. The summed E-state index contributed by atoms with van der Waals surface area (Å²) in [6.07, 6.45) is 0.902. The lowest BCUT2D eigenvalue weighted by Crippen LogP contribution is -1.86.